The number of benzene rings is 1. The van der Waals surface area contributed by atoms with E-state index in [1.165, 1.54) is 12.7 Å². The van der Waals surface area contributed by atoms with Crippen LogP contribution in [0.5, 0.6) is 0 Å². The molecule has 0 spiro atoms. The summed E-state index contributed by atoms with van der Waals surface area (Å²) in [6.45, 7) is 10.0. The monoisotopic (exact) mass is 426 g/mol. The molecule has 0 saturated heterocycles. The van der Waals surface area contributed by atoms with Crippen LogP contribution in [0.1, 0.15) is 71.8 Å². The van der Waals surface area contributed by atoms with Crippen molar-refractivity contribution in [3.05, 3.63) is 35.9 Å². The Kier molecular flexibility index (Phi) is 5.83. The Morgan fingerprint density at radius 2 is 1.65 bits per heavy atom. The second-order valence-corrected chi connectivity index (χ2v) is 11.3. The summed E-state index contributed by atoms with van der Waals surface area (Å²) in [5.41, 5.74) is 1.07. The predicted molar refractivity (Wildman–Crippen MR) is 120 cm³/mol. The van der Waals surface area contributed by atoms with E-state index in [0.29, 0.717) is 24.9 Å². The van der Waals surface area contributed by atoms with Crippen molar-refractivity contribution in [2.75, 3.05) is 7.11 Å². The zero-order valence-corrected chi connectivity index (χ0v) is 19.8. The number of fused-ring (bicyclic) bond motifs is 3. The van der Waals surface area contributed by atoms with Crippen molar-refractivity contribution in [1.29, 1.82) is 0 Å². The number of Topliss-reactive ketones (excluding diaryl/α,β-unsaturated/α-hetero) is 1. The van der Waals surface area contributed by atoms with E-state index in [0.717, 1.165) is 32.1 Å². The minimum Gasteiger partial charge on any atom is -0.468 e. The van der Waals surface area contributed by atoms with Gasteiger partial charge in [-0.2, -0.15) is 0 Å². The summed E-state index contributed by atoms with van der Waals surface area (Å²) in [7, 11) is 1.41. The van der Waals surface area contributed by atoms with Crippen LogP contribution in [-0.2, 0) is 25.7 Å². The van der Waals surface area contributed by atoms with Crippen molar-refractivity contribution >= 4 is 11.8 Å². The molecule has 0 amide bonds. The molecule has 6 atom stereocenters. The largest absolute Gasteiger partial charge is 0.468 e. The number of methoxy groups -OCH3 is 1. The van der Waals surface area contributed by atoms with Crippen LogP contribution in [0, 0.1) is 34.0 Å². The Morgan fingerprint density at radius 3 is 2.32 bits per heavy atom. The van der Waals surface area contributed by atoms with Crippen LogP contribution < -0.4 is 0 Å². The number of rotatable bonds is 4. The van der Waals surface area contributed by atoms with Gasteiger partial charge in [0.1, 0.15) is 11.7 Å². The molecular weight excluding hydrogens is 388 g/mol. The number of esters is 1. The molecule has 1 aromatic rings. The van der Waals surface area contributed by atoms with Crippen molar-refractivity contribution < 1.29 is 19.1 Å². The normalized spacial score (nSPS) is 39.3. The highest BCUT2D eigenvalue weighted by molar-refractivity contribution is 6.00. The first kappa shape index (κ1) is 22.5. The maximum Gasteiger partial charge on any atom is 0.316 e. The Labute approximate surface area is 187 Å². The molecule has 4 heteroatoms. The summed E-state index contributed by atoms with van der Waals surface area (Å²) in [4.78, 5) is 25.4. The molecule has 0 aromatic heterocycles. The Bertz CT molecular complexity index is 823. The lowest BCUT2D eigenvalue weighted by Gasteiger charge is -2.66. The van der Waals surface area contributed by atoms with Gasteiger partial charge in [0.15, 0.2) is 0 Å². The van der Waals surface area contributed by atoms with Crippen molar-refractivity contribution in [2.24, 2.45) is 34.0 Å². The topological polar surface area (TPSA) is 52.6 Å². The maximum atomic E-state index is 12.8. The zero-order valence-electron chi connectivity index (χ0n) is 19.8. The lowest BCUT2D eigenvalue weighted by molar-refractivity contribution is -0.208. The first-order chi connectivity index (χ1) is 14.6. The molecule has 1 aromatic carbocycles. The van der Waals surface area contributed by atoms with Gasteiger partial charge in [-0.1, -0.05) is 58.0 Å². The molecule has 0 aliphatic heterocycles. The van der Waals surface area contributed by atoms with Gasteiger partial charge < -0.3 is 9.47 Å². The highest BCUT2D eigenvalue weighted by atomic mass is 16.5. The molecule has 0 bridgehead atoms. The second-order valence-electron chi connectivity index (χ2n) is 11.3. The lowest BCUT2D eigenvalue weighted by Crippen LogP contribution is -2.63. The average molecular weight is 427 g/mol. The van der Waals surface area contributed by atoms with Crippen LogP contribution in [0.2, 0.25) is 0 Å². The highest BCUT2D eigenvalue weighted by Crippen LogP contribution is 2.68. The van der Waals surface area contributed by atoms with E-state index in [4.69, 9.17) is 9.47 Å². The van der Waals surface area contributed by atoms with Crippen molar-refractivity contribution in [3.8, 4) is 0 Å². The molecule has 0 unspecified atom stereocenters. The van der Waals surface area contributed by atoms with Crippen LogP contribution in [-0.4, -0.2) is 25.0 Å². The minimum atomic E-state index is -0.607. The summed E-state index contributed by atoms with van der Waals surface area (Å²) in [5, 5.41) is 0. The van der Waals surface area contributed by atoms with Gasteiger partial charge in [-0.25, -0.2) is 0 Å². The van der Waals surface area contributed by atoms with Crippen LogP contribution >= 0.6 is 0 Å². The van der Waals surface area contributed by atoms with E-state index in [2.05, 4.69) is 52.0 Å². The Hall–Kier alpha value is -1.68. The SMILES string of the molecule is COC(=O)[C@@H]1C(=O)CC[C@H]2[C@@]1(C)CC[C@H]1C(C)(C)[C@@H](OCc3ccccc3)CC[C@]21C. The number of ketones is 1. The van der Waals surface area contributed by atoms with E-state index in [1.54, 1.807) is 0 Å². The summed E-state index contributed by atoms with van der Waals surface area (Å²) >= 11 is 0. The van der Waals surface area contributed by atoms with E-state index in [9.17, 15) is 9.59 Å². The van der Waals surface area contributed by atoms with Crippen molar-refractivity contribution in [2.45, 2.75) is 78.9 Å². The van der Waals surface area contributed by atoms with Crippen LogP contribution in [0.15, 0.2) is 30.3 Å². The summed E-state index contributed by atoms with van der Waals surface area (Å²) in [6.07, 6.45) is 5.65. The molecular formula is C27H38O4. The molecule has 170 valence electrons. The fourth-order valence-electron chi connectivity index (χ4n) is 7.96. The van der Waals surface area contributed by atoms with Gasteiger partial charge >= 0.3 is 5.97 Å². The van der Waals surface area contributed by atoms with Gasteiger partial charge in [0.25, 0.3) is 0 Å². The van der Waals surface area contributed by atoms with Gasteiger partial charge in [-0.3, -0.25) is 9.59 Å². The maximum absolute atomic E-state index is 12.8. The third kappa shape index (κ3) is 3.55. The zero-order chi connectivity index (χ0) is 22.4. The number of ether oxygens (including phenoxy) is 2. The van der Waals surface area contributed by atoms with Gasteiger partial charge in [0.05, 0.1) is 19.8 Å². The van der Waals surface area contributed by atoms with Gasteiger partial charge in [-0.05, 0) is 65.7 Å². The first-order valence-corrected chi connectivity index (χ1v) is 11.9. The molecule has 3 saturated carbocycles. The Morgan fingerprint density at radius 1 is 0.968 bits per heavy atom. The van der Waals surface area contributed by atoms with Crippen LogP contribution in [0.4, 0.5) is 0 Å². The average Bonchev–Trinajstić information content (AvgIpc) is 2.72. The summed E-state index contributed by atoms with van der Waals surface area (Å²) in [5.74, 6) is 0.00312. The standard InChI is InChI=1S/C27H38O4/c1-25(2)20-13-15-27(4)21(12-11-19(28)23(27)24(29)30-5)26(20,3)16-14-22(25)31-17-18-9-7-6-8-10-18/h6-10,20-23H,11-17H2,1-5H3/t20-,21+,22-,23-,26-,27+/m0/s1. The van der Waals surface area contributed by atoms with E-state index >= 15 is 0 Å². The highest BCUT2D eigenvalue weighted by Gasteiger charge is 2.65. The molecule has 3 aliphatic carbocycles. The predicted octanol–water partition coefficient (Wildman–Crippen LogP) is 5.58. The quantitative estimate of drug-likeness (QED) is 0.466. The molecule has 3 fully saturated rings. The summed E-state index contributed by atoms with van der Waals surface area (Å²) in [6, 6.07) is 10.4. The van der Waals surface area contributed by atoms with E-state index in [-0.39, 0.29) is 34.1 Å². The van der Waals surface area contributed by atoms with Crippen molar-refractivity contribution in [3.63, 3.8) is 0 Å². The Balaban J connectivity index is 1.58. The second kappa shape index (κ2) is 8.03. The smallest absolute Gasteiger partial charge is 0.316 e. The van der Waals surface area contributed by atoms with Crippen molar-refractivity contribution in [1.82, 2.24) is 0 Å². The first-order valence-electron chi connectivity index (χ1n) is 11.9. The number of hydrogen-bond donors (Lipinski definition) is 0. The number of carbonyl (C=O) groups excluding carboxylic acids is 2. The molecule has 0 N–H and O–H groups in total. The fraction of sp³-hybridized carbons (Fsp3) is 0.704. The molecule has 4 nitrogen and oxygen atoms in total. The molecule has 0 radical (unpaired) electrons. The van der Waals surface area contributed by atoms with Gasteiger partial charge in [0.2, 0.25) is 0 Å². The minimum absolute atomic E-state index is 0.0470. The van der Waals surface area contributed by atoms with Crippen LogP contribution in [0.25, 0.3) is 0 Å². The summed E-state index contributed by atoms with van der Waals surface area (Å²) < 4.78 is 11.6. The van der Waals surface area contributed by atoms with E-state index in [1.807, 2.05) is 6.07 Å². The third-order valence-corrected chi connectivity index (χ3v) is 9.42. The van der Waals surface area contributed by atoms with Crippen LogP contribution in [0.3, 0.4) is 0 Å². The molecule has 4 rings (SSSR count). The molecule has 0 heterocycles. The molecule has 3 aliphatic rings. The van der Waals surface area contributed by atoms with E-state index < -0.39 is 5.92 Å². The fourth-order valence-corrected chi connectivity index (χ4v) is 7.96. The third-order valence-electron chi connectivity index (χ3n) is 9.42. The number of carbonyl (C=O) groups is 2. The van der Waals surface area contributed by atoms with Gasteiger partial charge in [0, 0.05) is 6.42 Å². The number of hydrogen-bond acceptors (Lipinski definition) is 4. The molecule has 31 heavy (non-hydrogen) atoms. The van der Waals surface area contributed by atoms with Gasteiger partial charge in [-0.15, -0.1) is 0 Å². The lowest BCUT2D eigenvalue weighted by atomic mass is 9.39.